The average Bonchev–Trinajstić information content (AvgIpc) is 2.81. The third-order valence-electron chi connectivity index (χ3n) is 5.57. The summed E-state index contributed by atoms with van der Waals surface area (Å²) in [6, 6.07) is 0.933. The van der Waals surface area contributed by atoms with Crippen molar-refractivity contribution in [2.75, 3.05) is 23.7 Å². The molecule has 1 amide bonds. The molecule has 11 nitrogen and oxygen atoms in total. The van der Waals surface area contributed by atoms with Crippen molar-refractivity contribution in [2.45, 2.75) is 44.4 Å². The number of nitrogens with one attached hydrogen (secondary N) is 3. The van der Waals surface area contributed by atoms with Crippen LogP contribution in [-0.4, -0.2) is 44.9 Å². The van der Waals surface area contributed by atoms with E-state index in [9.17, 15) is 28.1 Å². The molecule has 2 aromatic rings. The molecule has 0 bridgehead atoms. The van der Waals surface area contributed by atoms with Crippen molar-refractivity contribution >= 4 is 23.4 Å². The molecule has 3 rings (SSSR count). The molecular weight excluding hydrogens is 457 g/mol. The van der Waals surface area contributed by atoms with Crippen LogP contribution in [0.5, 0.6) is 0 Å². The van der Waals surface area contributed by atoms with Gasteiger partial charge in [-0.15, -0.1) is 0 Å². The van der Waals surface area contributed by atoms with Crippen LogP contribution in [0.2, 0.25) is 0 Å². The third-order valence-corrected chi connectivity index (χ3v) is 5.57. The highest BCUT2D eigenvalue weighted by Crippen LogP contribution is 2.32. The molecule has 5 N–H and O–H groups in total. The zero-order valence-electron chi connectivity index (χ0n) is 18.1. The van der Waals surface area contributed by atoms with Gasteiger partial charge < -0.3 is 21.7 Å². The van der Waals surface area contributed by atoms with Gasteiger partial charge in [-0.2, -0.15) is 18.2 Å². The van der Waals surface area contributed by atoms with Gasteiger partial charge >= 0.3 is 11.9 Å². The highest BCUT2D eigenvalue weighted by Gasteiger charge is 2.33. The van der Waals surface area contributed by atoms with Gasteiger partial charge in [0.2, 0.25) is 17.7 Å². The molecule has 0 aromatic carbocycles. The number of nitrogens with two attached hydrogens (primary N) is 1. The molecule has 2 aromatic heterocycles. The van der Waals surface area contributed by atoms with Crippen molar-refractivity contribution in [3.8, 4) is 0 Å². The monoisotopic (exact) mass is 482 g/mol. The first-order chi connectivity index (χ1) is 16.2. The fraction of sp³-hybridized carbons (Fsp3) is 0.500. The number of alkyl halides is 3. The van der Waals surface area contributed by atoms with Crippen LogP contribution >= 0.6 is 0 Å². The van der Waals surface area contributed by atoms with Gasteiger partial charge in [0.25, 0.3) is 0 Å². The fourth-order valence-corrected chi connectivity index (χ4v) is 3.78. The molecule has 0 unspecified atom stereocenters. The molecule has 1 fully saturated rings. The molecule has 0 aliphatic heterocycles. The molecule has 0 saturated heterocycles. The van der Waals surface area contributed by atoms with Gasteiger partial charge in [0, 0.05) is 37.1 Å². The minimum Gasteiger partial charge on any atom is -0.364 e. The zero-order valence-corrected chi connectivity index (χ0v) is 18.1. The lowest BCUT2D eigenvalue weighted by molar-refractivity contribution is -0.384. The normalized spacial score (nSPS) is 18.2. The van der Waals surface area contributed by atoms with E-state index in [1.54, 1.807) is 0 Å². The van der Waals surface area contributed by atoms with E-state index in [1.165, 1.54) is 0 Å². The Morgan fingerprint density at radius 2 is 1.94 bits per heavy atom. The lowest BCUT2D eigenvalue weighted by Gasteiger charge is -2.29. The molecule has 1 saturated carbocycles. The zero-order chi connectivity index (χ0) is 24.7. The van der Waals surface area contributed by atoms with Gasteiger partial charge in [-0.25, -0.2) is 4.98 Å². The van der Waals surface area contributed by atoms with E-state index in [0.717, 1.165) is 50.3 Å². The number of hydrogen-bond donors (Lipinski definition) is 4. The first-order valence-corrected chi connectivity index (χ1v) is 10.7. The lowest BCUT2D eigenvalue weighted by atomic mass is 9.86. The number of hydrogen-bond acceptors (Lipinski definition) is 9. The van der Waals surface area contributed by atoms with E-state index in [2.05, 4.69) is 30.9 Å². The number of aromatic nitrogens is 3. The van der Waals surface area contributed by atoms with Crippen molar-refractivity contribution < 1.29 is 22.9 Å². The van der Waals surface area contributed by atoms with Crippen LogP contribution in [0.25, 0.3) is 0 Å². The minimum absolute atomic E-state index is 0.0247. The Morgan fingerprint density at radius 1 is 1.21 bits per heavy atom. The van der Waals surface area contributed by atoms with E-state index in [0.29, 0.717) is 6.54 Å². The maximum atomic E-state index is 13.2. The number of rotatable bonds is 9. The topological polar surface area (TPSA) is 161 Å². The van der Waals surface area contributed by atoms with Gasteiger partial charge in [0.15, 0.2) is 0 Å². The van der Waals surface area contributed by atoms with Crippen molar-refractivity contribution in [2.24, 2.45) is 11.7 Å². The predicted octanol–water partition coefficient (Wildman–Crippen LogP) is 2.46. The van der Waals surface area contributed by atoms with Crippen molar-refractivity contribution in [3.63, 3.8) is 0 Å². The van der Waals surface area contributed by atoms with Gasteiger partial charge in [0.05, 0.1) is 17.0 Å². The number of carbonyl (C=O) groups is 1. The summed E-state index contributed by atoms with van der Waals surface area (Å²) < 4.78 is 39.5. The van der Waals surface area contributed by atoms with Crippen LogP contribution < -0.4 is 21.7 Å². The number of amides is 1. The van der Waals surface area contributed by atoms with E-state index < -0.39 is 16.7 Å². The summed E-state index contributed by atoms with van der Waals surface area (Å²) in [6.45, 7) is 0.0850. The van der Waals surface area contributed by atoms with Crippen molar-refractivity contribution in [1.82, 2.24) is 20.3 Å². The van der Waals surface area contributed by atoms with Gasteiger partial charge in [0.1, 0.15) is 6.20 Å². The Bertz CT molecular complexity index is 1010. The summed E-state index contributed by atoms with van der Waals surface area (Å²) in [5.41, 5.74) is 4.03. The van der Waals surface area contributed by atoms with Crippen LogP contribution in [0.1, 0.15) is 36.8 Å². The SMILES string of the molecule is NCC(=O)NC1CCC(CNc2nc(NCc3cnccc3C(F)(F)F)ncc2[N+](=O)[O-])CC1. The summed E-state index contributed by atoms with van der Waals surface area (Å²) >= 11 is 0. The molecule has 0 atom stereocenters. The van der Waals surface area contributed by atoms with E-state index in [-0.39, 0.29) is 54.0 Å². The molecule has 184 valence electrons. The highest BCUT2D eigenvalue weighted by atomic mass is 19.4. The summed E-state index contributed by atoms with van der Waals surface area (Å²) in [5, 5.41) is 19.9. The Kier molecular flexibility index (Phi) is 8.15. The number of nitro groups is 1. The van der Waals surface area contributed by atoms with Crippen molar-refractivity contribution in [1.29, 1.82) is 0 Å². The predicted molar refractivity (Wildman–Crippen MR) is 117 cm³/mol. The highest BCUT2D eigenvalue weighted by molar-refractivity contribution is 5.78. The van der Waals surface area contributed by atoms with Gasteiger partial charge in [-0.3, -0.25) is 19.9 Å². The molecule has 34 heavy (non-hydrogen) atoms. The Hall–Kier alpha value is -3.55. The third kappa shape index (κ3) is 6.73. The Balaban J connectivity index is 1.62. The van der Waals surface area contributed by atoms with E-state index >= 15 is 0 Å². The summed E-state index contributed by atoms with van der Waals surface area (Å²) in [7, 11) is 0. The molecule has 2 heterocycles. The first kappa shape index (κ1) is 25.1. The summed E-state index contributed by atoms with van der Waals surface area (Å²) in [6.07, 6.45) is 1.73. The smallest absolute Gasteiger partial charge is 0.364 e. The first-order valence-electron chi connectivity index (χ1n) is 10.7. The fourth-order valence-electron chi connectivity index (χ4n) is 3.78. The summed E-state index contributed by atoms with van der Waals surface area (Å²) in [4.78, 5) is 33.8. The quantitative estimate of drug-likeness (QED) is 0.311. The van der Waals surface area contributed by atoms with Crippen LogP contribution in [0.15, 0.2) is 24.7 Å². The van der Waals surface area contributed by atoms with Crippen molar-refractivity contribution in [3.05, 3.63) is 45.9 Å². The Morgan fingerprint density at radius 3 is 2.59 bits per heavy atom. The van der Waals surface area contributed by atoms with Crippen LogP contribution in [0.3, 0.4) is 0 Å². The molecule has 14 heteroatoms. The maximum Gasteiger partial charge on any atom is 0.416 e. The number of pyridine rings is 1. The molecule has 0 radical (unpaired) electrons. The van der Waals surface area contributed by atoms with Crippen LogP contribution in [0, 0.1) is 16.0 Å². The second-order valence-corrected chi connectivity index (χ2v) is 7.94. The number of nitrogens with zero attached hydrogens (tertiary/aromatic N) is 4. The second-order valence-electron chi connectivity index (χ2n) is 7.94. The number of carbonyl (C=O) groups excluding carboxylic acids is 1. The van der Waals surface area contributed by atoms with Gasteiger partial charge in [-0.05, 0) is 37.7 Å². The van der Waals surface area contributed by atoms with E-state index in [4.69, 9.17) is 5.73 Å². The number of halogens is 3. The molecule has 1 aliphatic carbocycles. The molecule has 0 spiro atoms. The van der Waals surface area contributed by atoms with Gasteiger partial charge in [-0.1, -0.05) is 0 Å². The van der Waals surface area contributed by atoms with Crippen LogP contribution in [-0.2, 0) is 17.5 Å². The van der Waals surface area contributed by atoms with Crippen LogP contribution in [0.4, 0.5) is 30.6 Å². The summed E-state index contributed by atoms with van der Waals surface area (Å²) in [5.74, 6) is -0.0739. The standard InChI is InChI=1S/C20H25F3N8O3/c21-20(22,23)15-5-6-25-9-13(15)10-27-19-28-11-16(31(33)34)18(30-19)26-8-12-1-3-14(4-2-12)29-17(32)7-24/h5-6,9,11-12,14H,1-4,7-8,10,24H2,(H,29,32)(H2,26,27,28,30). The average molecular weight is 482 g/mol. The Labute approximate surface area is 192 Å². The molecule has 1 aliphatic rings. The molecular formula is C20H25F3N8O3. The lowest BCUT2D eigenvalue weighted by Crippen LogP contribution is -2.41. The maximum absolute atomic E-state index is 13.2. The second kappa shape index (κ2) is 11.0. The largest absolute Gasteiger partial charge is 0.416 e. The minimum atomic E-state index is -4.55. The van der Waals surface area contributed by atoms with E-state index in [1.807, 2.05) is 0 Å². The number of anilines is 2.